The lowest BCUT2D eigenvalue weighted by Crippen LogP contribution is -1.94. The van der Waals surface area contributed by atoms with Gasteiger partial charge in [-0.1, -0.05) is 13.0 Å². The normalized spacial score (nSPS) is 18.8. The maximum atomic E-state index is 11.0. The molecule has 1 aliphatic carbocycles. The summed E-state index contributed by atoms with van der Waals surface area (Å²) < 4.78 is 0. The van der Waals surface area contributed by atoms with Crippen molar-refractivity contribution in [1.82, 2.24) is 0 Å². The predicted octanol–water partition coefficient (Wildman–Crippen LogP) is 1.50. The highest BCUT2D eigenvalue weighted by Crippen LogP contribution is 2.23. The van der Waals surface area contributed by atoms with Gasteiger partial charge in [0.15, 0.2) is 5.78 Å². The minimum atomic E-state index is 0.190. The number of rotatable bonds is 1. The van der Waals surface area contributed by atoms with Crippen LogP contribution in [0.5, 0.6) is 0 Å². The summed E-state index contributed by atoms with van der Waals surface area (Å²) >= 11 is 0. The minimum absolute atomic E-state index is 0.190. The van der Waals surface area contributed by atoms with E-state index < -0.39 is 0 Å². The van der Waals surface area contributed by atoms with E-state index in [2.05, 4.69) is 5.92 Å². The molecule has 0 N–H and O–H groups in total. The maximum absolute atomic E-state index is 11.0. The molecule has 0 aromatic carbocycles. The summed E-state index contributed by atoms with van der Waals surface area (Å²) in [5.74, 6) is 3.77. The number of allylic oxidation sites excluding steroid dienone is 2. The molecular formula is C9H9O. The lowest BCUT2D eigenvalue weighted by Gasteiger charge is -1.89. The van der Waals surface area contributed by atoms with Crippen LogP contribution in [0.2, 0.25) is 0 Å². The van der Waals surface area contributed by atoms with Crippen molar-refractivity contribution in [1.29, 1.82) is 0 Å². The number of carbonyl (C=O) groups excluding carboxylic acids is 1. The molecule has 0 amide bonds. The summed E-state index contributed by atoms with van der Waals surface area (Å²) in [7, 11) is 0. The third-order valence-electron chi connectivity index (χ3n) is 1.51. The van der Waals surface area contributed by atoms with E-state index in [0.717, 1.165) is 11.5 Å². The highest BCUT2D eigenvalue weighted by atomic mass is 16.1. The van der Waals surface area contributed by atoms with Gasteiger partial charge in [0.05, 0.1) is 0 Å². The number of ketones is 1. The Morgan fingerprint density at radius 2 is 2.50 bits per heavy atom. The number of carbonyl (C=O) groups is 1. The van der Waals surface area contributed by atoms with E-state index in [0.29, 0.717) is 12.8 Å². The Kier molecular flexibility index (Phi) is 1.91. The van der Waals surface area contributed by atoms with E-state index in [9.17, 15) is 4.79 Å². The van der Waals surface area contributed by atoms with E-state index in [1.807, 2.05) is 13.0 Å². The zero-order valence-electron chi connectivity index (χ0n) is 5.98. The predicted molar refractivity (Wildman–Crippen MR) is 40.1 cm³/mol. The van der Waals surface area contributed by atoms with Crippen LogP contribution in [0.3, 0.4) is 0 Å². The molecule has 51 valence electrons. The van der Waals surface area contributed by atoms with Gasteiger partial charge in [-0.3, -0.25) is 4.79 Å². The maximum Gasteiger partial charge on any atom is 0.160 e. The Bertz CT molecular complexity index is 217. The molecule has 1 heteroatoms. The first-order chi connectivity index (χ1) is 4.74. The molecule has 10 heavy (non-hydrogen) atoms. The fourth-order valence-corrected chi connectivity index (χ4v) is 1.06. The summed E-state index contributed by atoms with van der Waals surface area (Å²) in [5, 5.41) is 0. The molecule has 0 atom stereocenters. The highest BCUT2D eigenvalue weighted by Gasteiger charge is 2.19. The van der Waals surface area contributed by atoms with Crippen molar-refractivity contribution in [3.63, 3.8) is 0 Å². The summed E-state index contributed by atoms with van der Waals surface area (Å²) in [6.45, 7) is 1.95. The van der Waals surface area contributed by atoms with Gasteiger partial charge in [0.1, 0.15) is 0 Å². The largest absolute Gasteiger partial charge is 0.294 e. The standard InChI is InChI=1S/C9H9O/c1-3-4-8-5-7(2)6-9(8)10/h1,5H,4,6H2,2H3. The van der Waals surface area contributed by atoms with E-state index >= 15 is 0 Å². The van der Waals surface area contributed by atoms with Gasteiger partial charge in [0.25, 0.3) is 0 Å². The van der Waals surface area contributed by atoms with Crippen molar-refractivity contribution in [2.45, 2.75) is 19.8 Å². The second-order valence-corrected chi connectivity index (χ2v) is 2.50. The van der Waals surface area contributed by atoms with Crippen molar-refractivity contribution in [2.24, 2.45) is 0 Å². The van der Waals surface area contributed by atoms with Crippen molar-refractivity contribution in [2.75, 3.05) is 0 Å². The molecule has 0 saturated heterocycles. The second kappa shape index (κ2) is 2.70. The first-order valence-electron chi connectivity index (χ1n) is 3.23. The summed E-state index contributed by atoms with van der Waals surface area (Å²) in [6.07, 6.45) is 8.00. The number of hydrogen-bond donors (Lipinski definition) is 0. The quantitative estimate of drug-likeness (QED) is 0.495. The van der Waals surface area contributed by atoms with Crippen LogP contribution in [0.1, 0.15) is 19.8 Å². The van der Waals surface area contributed by atoms with E-state index in [1.165, 1.54) is 0 Å². The van der Waals surface area contributed by atoms with Gasteiger partial charge in [-0.2, -0.15) is 0 Å². The van der Waals surface area contributed by atoms with Crippen LogP contribution in [0.25, 0.3) is 0 Å². The molecule has 0 bridgehead atoms. The van der Waals surface area contributed by atoms with Gasteiger partial charge in [-0.15, -0.1) is 12.3 Å². The first kappa shape index (κ1) is 7.08. The molecule has 1 radical (unpaired) electrons. The van der Waals surface area contributed by atoms with Crippen molar-refractivity contribution >= 4 is 5.78 Å². The van der Waals surface area contributed by atoms with Crippen molar-refractivity contribution < 1.29 is 4.79 Å². The van der Waals surface area contributed by atoms with Crippen LogP contribution in [-0.4, -0.2) is 5.78 Å². The molecule has 1 rings (SSSR count). The van der Waals surface area contributed by atoms with Crippen LogP contribution in [0.15, 0.2) is 11.6 Å². The zero-order valence-corrected chi connectivity index (χ0v) is 5.98. The Hall–Kier alpha value is -1.03. The smallest absolute Gasteiger partial charge is 0.160 e. The second-order valence-electron chi connectivity index (χ2n) is 2.50. The third kappa shape index (κ3) is 1.27. The lowest BCUT2D eigenvalue weighted by molar-refractivity contribution is -0.114. The third-order valence-corrected chi connectivity index (χ3v) is 1.51. The highest BCUT2D eigenvalue weighted by molar-refractivity contribution is 6.00. The monoisotopic (exact) mass is 133 g/mol. The molecule has 0 spiro atoms. The van der Waals surface area contributed by atoms with Gasteiger partial charge in [0, 0.05) is 24.3 Å². The van der Waals surface area contributed by atoms with Crippen LogP contribution in [0.4, 0.5) is 0 Å². The van der Waals surface area contributed by atoms with Crippen LogP contribution in [-0.2, 0) is 4.79 Å². The van der Waals surface area contributed by atoms with E-state index in [1.54, 1.807) is 0 Å². The van der Waals surface area contributed by atoms with Gasteiger partial charge in [0.2, 0.25) is 0 Å². The SMILES string of the molecule is C#CCC1=C[C](C)CC1=O. The Labute approximate surface area is 61.1 Å². The van der Waals surface area contributed by atoms with Gasteiger partial charge in [-0.05, 0) is 0 Å². The van der Waals surface area contributed by atoms with Gasteiger partial charge in [-0.25, -0.2) is 0 Å². The molecule has 0 unspecified atom stereocenters. The molecule has 0 saturated carbocycles. The minimum Gasteiger partial charge on any atom is -0.294 e. The van der Waals surface area contributed by atoms with Gasteiger partial charge >= 0.3 is 0 Å². The molecule has 0 aliphatic heterocycles. The molecule has 0 heterocycles. The number of Topliss-reactive ketones (excluding diaryl/α,β-unsaturated/α-hetero) is 1. The van der Waals surface area contributed by atoms with Crippen molar-refractivity contribution in [3.8, 4) is 12.3 Å². The summed E-state index contributed by atoms with van der Waals surface area (Å²) in [4.78, 5) is 11.0. The van der Waals surface area contributed by atoms with E-state index in [-0.39, 0.29) is 5.78 Å². The van der Waals surface area contributed by atoms with Crippen LogP contribution < -0.4 is 0 Å². The van der Waals surface area contributed by atoms with Crippen LogP contribution >= 0.6 is 0 Å². The van der Waals surface area contributed by atoms with Crippen LogP contribution in [0, 0.1) is 18.3 Å². The van der Waals surface area contributed by atoms with Gasteiger partial charge < -0.3 is 0 Å². The Morgan fingerprint density at radius 1 is 1.80 bits per heavy atom. The summed E-state index contributed by atoms with van der Waals surface area (Å²) in [5.41, 5.74) is 0.792. The molecule has 0 aromatic rings. The fourth-order valence-electron chi connectivity index (χ4n) is 1.06. The molecular weight excluding hydrogens is 124 g/mol. The molecule has 1 nitrogen and oxygen atoms in total. The van der Waals surface area contributed by atoms with E-state index in [4.69, 9.17) is 6.42 Å². The molecule has 0 aromatic heterocycles. The number of hydrogen-bond acceptors (Lipinski definition) is 1. The number of terminal acetylenes is 1. The zero-order chi connectivity index (χ0) is 7.56. The molecule has 1 aliphatic rings. The average Bonchev–Trinajstić information content (AvgIpc) is 2.13. The van der Waals surface area contributed by atoms with Crippen molar-refractivity contribution in [3.05, 3.63) is 17.6 Å². The molecule has 0 fully saturated rings. The Balaban J connectivity index is 2.68. The Morgan fingerprint density at radius 3 is 2.90 bits per heavy atom. The fraction of sp³-hybridized carbons (Fsp3) is 0.333. The lowest BCUT2D eigenvalue weighted by atomic mass is 10.1. The summed E-state index contributed by atoms with van der Waals surface area (Å²) in [6, 6.07) is 0. The first-order valence-corrected chi connectivity index (χ1v) is 3.23. The topological polar surface area (TPSA) is 17.1 Å². The average molecular weight is 133 g/mol.